The number of hydrogen-bond acceptors (Lipinski definition) is 6. The van der Waals surface area contributed by atoms with Crippen LogP contribution < -0.4 is 10.9 Å². The summed E-state index contributed by atoms with van der Waals surface area (Å²) in [5.74, 6) is 0.224. The topological polar surface area (TPSA) is 76.9 Å². The molecule has 9 heteroatoms. The summed E-state index contributed by atoms with van der Waals surface area (Å²) in [5.41, 5.74) is 1.13. The molecule has 1 aliphatic carbocycles. The van der Waals surface area contributed by atoms with Crippen molar-refractivity contribution in [2.45, 2.75) is 36.6 Å². The number of aromatic nitrogens is 3. The maximum atomic E-state index is 12.8. The first-order valence-electron chi connectivity index (χ1n) is 8.54. The van der Waals surface area contributed by atoms with Crippen LogP contribution in [0.2, 0.25) is 5.02 Å². The van der Waals surface area contributed by atoms with Crippen LogP contribution >= 0.6 is 34.7 Å². The molecule has 3 aromatic rings. The smallest absolute Gasteiger partial charge is 0.262 e. The predicted molar refractivity (Wildman–Crippen MR) is 110 cm³/mol. The molecule has 3 aromatic heterocycles. The molecule has 140 valence electrons. The molecule has 1 aliphatic rings. The zero-order chi connectivity index (χ0) is 19.1. The van der Waals surface area contributed by atoms with Crippen LogP contribution in [0.15, 0.2) is 28.3 Å². The summed E-state index contributed by atoms with van der Waals surface area (Å²) in [6.07, 6.45) is 4.55. The van der Waals surface area contributed by atoms with Gasteiger partial charge in [0.25, 0.3) is 5.56 Å². The Labute approximate surface area is 169 Å². The number of amides is 1. The van der Waals surface area contributed by atoms with Crippen molar-refractivity contribution < 1.29 is 4.79 Å². The minimum atomic E-state index is -0.440. The second-order valence-electron chi connectivity index (χ2n) is 6.41. The number of thioether (sulfide) groups is 1. The van der Waals surface area contributed by atoms with E-state index in [1.807, 2.05) is 0 Å². The van der Waals surface area contributed by atoms with Gasteiger partial charge in [-0.3, -0.25) is 14.2 Å². The number of thiophene rings is 1. The highest BCUT2D eigenvalue weighted by Gasteiger charge is 2.24. The summed E-state index contributed by atoms with van der Waals surface area (Å²) < 4.78 is 1.54. The van der Waals surface area contributed by atoms with Gasteiger partial charge in [0.15, 0.2) is 5.16 Å². The summed E-state index contributed by atoms with van der Waals surface area (Å²) in [6, 6.07) is 3.31. The zero-order valence-electron chi connectivity index (χ0n) is 14.8. The van der Waals surface area contributed by atoms with Crippen LogP contribution in [0.5, 0.6) is 0 Å². The van der Waals surface area contributed by atoms with Gasteiger partial charge in [0.2, 0.25) is 5.91 Å². The van der Waals surface area contributed by atoms with Gasteiger partial charge < -0.3 is 5.32 Å². The lowest BCUT2D eigenvalue weighted by Gasteiger charge is -2.13. The Kier molecular flexibility index (Phi) is 4.96. The Morgan fingerprint density at radius 1 is 1.41 bits per heavy atom. The lowest BCUT2D eigenvalue weighted by molar-refractivity contribution is -0.115. The van der Waals surface area contributed by atoms with Gasteiger partial charge >= 0.3 is 0 Å². The van der Waals surface area contributed by atoms with Crippen LogP contribution in [-0.2, 0) is 24.7 Å². The molecule has 1 atom stereocenters. The van der Waals surface area contributed by atoms with E-state index in [9.17, 15) is 9.59 Å². The summed E-state index contributed by atoms with van der Waals surface area (Å²) in [6.45, 7) is 1.78. The van der Waals surface area contributed by atoms with Gasteiger partial charge in [0.05, 0.1) is 15.7 Å². The molecular weight excluding hydrogens is 404 g/mol. The van der Waals surface area contributed by atoms with E-state index in [1.54, 1.807) is 42.0 Å². The zero-order valence-corrected chi connectivity index (χ0v) is 17.2. The lowest BCUT2D eigenvalue weighted by atomic mass is 10.2. The molecule has 0 bridgehead atoms. The fraction of sp³-hybridized carbons (Fsp3) is 0.333. The molecule has 3 heterocycles. The maximum absolute atomic E-state index is 12.8. The van der Waals surface area contributed by atoms with E-state index in [1.165, 1.54) is 28.4 Å². The number of hydrogen-bond donors (Lipinski definition) is 1. The van der Waals surface area contributed by atoms with Crippen LogP contribution in [-0.4, -0.2) is 25.7 Å². The van der Waals surface area contributed by atoms with Crippen LogP contribution in [0.3, 0.4) is 0 Å². The van der Waals surface area contributed by atoms with Crippen LogP contribution in [0, 0.1) is 0 Å². The summed E-state index contributed by atoms with van der Waals surface area (Å²) in [4.78, 5) is 36.1. The molecule has 1 amide bonds. The first-order valence-corrected chi connectivity index (χ1v) is 10.6. The van der Waals surface area contributed by atoms with Crippen LogP contribution in [0.25, 0.3) is 10.2 Å². The van der Waals surface area contributed by atoms with Crippen molar-refractivity contribution in [2.24, 2.45) is 7.05 Å². The normalized spacial score (nSPS) is 14.3. The number of pyridine rings is 1. The number of nitrogens with zero attached hydrogens (tertiary/aromatic N) is 3. The molecule has 0 saturated heterocycles. The number of anilines is 1. The van der Waals surface area contributed by atoms with Crippen molar-refractivity contribution in [3.8, 4) is 0 Å². The number of carbonyl (C=O) groups is 1. The van der Waals surface area contributed by atoms with E-state index in [4.69, 9.17) is 11.6 Å². The average molecular weight is 421 g/mol. The van der Waals surface area contributed by atoms with Crippen molar-refractivity contribution in [1.82, 2.24) is 14.5 Å². The third-order valence-electron chi connectivity index (χ3n) is 4.54. The van der Waals surface area contributed by atoms with Crippen LogP contribution in [0.1, 0.15) is 23.8 Å². The van der Waals surface area contributed by atoms with Gasteiger partial charge in [-0.15, -0.1) is 11.3 Å². The molecule has 6 nitrogen and oxygen atoms in total. The van der Waals surface area contributed by atoms with E-state index < -0.39 is 5.25 Å². The molecule has 4 rings (SSSR count). The van der Waals surface area contributed by atoms with Gasteiger partial charge in [-0.1, -0.05) is 23.4 Å². The predicted octanol–water partition coefficient (Wildman–Crippen LogP) is 3.65. The van der Waals surface area contributed by atoms with Gasteiger partial charge in [-0.05, 0) is 43.9 Å². The van der Waals surface area contributed by atoms with Crippen molar-refractivity contribution in [1.29, 1.82) is 0 Å². The van der Waals surface area contributed by atoms with Crippen molar-refractivity contribution >= 4 is 56.6 Å². The van der Waals surface area contributed by atoms with E-state index in [-0.39, 0.29) is 11.5 Å². The summed E-state index contributed by atoms with van der Waals surface area (Å²) in [7, 11) is 1.71. The Balaban J connectivity index is 1.57. The van der Waals surface area contributed by atoms with E-state index >= 15 is 0 Å². The van der Waals surface area contributed by atoms with Crippen molar-refractivity contribution in [3.63, 3.8) is 0 Å². The standard InChI is InChI=1S/C18H17ClN4O2S2/c1-9(15(24)21-13-7-6-10(19)8-20-13)26-18-22-16-14(17(25)23(18)2)11-4-3-5-12(11)27-16/h6-9H,3-5H2,1-2H3,(H,20,21,24)/t9-/m1/s1. The lowest BCUT2D eigenvalue weighted by Crippen LogP contribution is -2.25. The Hall–Kier alpha value is -1.90. The second kappa shape index (κ2) is 7.26. The molecule has 1 N–H and O–H groups in total. The van der Waals surface area contributed by atoms with Crippen LogP contribution in [0.4, 0.5) is 5.82 Å². The maximum Gasteiger partial charge on any atom is 0.262 e. The van der Waals surface area contributed by atoms with Gasteiger partial charge in [-0.25, -0.2) is 9.97 Å². The number of nitrogens with one attached hydrogen (secondary N) is 1. The number of aryl methyl sites for hydroxylation is 2. The average Bonchev–Trinajstić information content (AvgIpc) is 3.22. The van der Waals surface area contributed by atoms with Gasteiger partial charge in [0, 0.05) is 18.1 Å². The number of rotatable bonds is 4. The summed E-state index contributed by atoms with van der Waals surface area (Å²) >= 11 is 8.67. The van der Waals surface area contributed by atoms with Gasteiger partial charge in [0.1, 0.15) is 10.6 Å². The van der Waals surface area contributed by atoms with E-state index in [2.05, 4.69) is 15.3 Å². The molecule has 0 saturated carbocycles. The van der Waals surface area contributed by atoms with E-state index in [0.29, 0.717) is 16.0 Å². The Bertz CT molecular complexity index is 1090. The Morgan fingerprint density at radius 2 is 2.22 bits per heavy atom. The monoisotopic (exact) mass is 420 g/mol. The SMILES string of the molecule is C[C@@H](Sc1nc2sc3c(c2c(=O)n1C)CCC3)C(=O)Nc1ccc(Cl)cn1. The largest absolute Gasteiger partial charge is 0.310 e. The molecule has 0 fully saturated rings. The highest BCUT2D eigenvalue weighted by Crippen LogP contribution is 2.35. The number of fused-ring (bicyclic) bond motifs is 3. The van der Waals surface area contributed by atoms with Gasteiger partial charge in [-0.2, -0.15) is 0 Å². The molecule has 0 spiro atoms. The molecule has 0 unspecified atom stereocenters. The first kappa shape index (κ1) is 18.5. The minimum absolute atomic E-state index is 0.0334. The van der Waals surface area contributed by atoms with Crippen molar-refractivity contribution in [3.05, 3.63) is 44.1 Å². The third kappa shape index (κ3) is 3.49. The molecule has 0 aromatic carbocycles. The molecule has 27 heavy (non-hydrogen) atoms. The number of carbonyl (C=O) groups excluding carboxylic acids is 1. The highest BCUT2D eigenvalue weighted by molar-refractivity contribution is 8.00. The quantitative estimate of drug-likeness (QED) is 0.515. The fourth-order valence-electron chi connectivity index (χ4n) is 3.10. The van der Waals surface area contributed by atoms with Crippen molar-refractivity contribution in [2.75, 3.05) is 5.32 Å². The molecular formula is C18H17ClN4O2S2. The first-order chi connectivity index (χ1) is 12.9. The highest BCUT2D eigenvalue weighted by atomic mass is 35.5. The third-order valence-corrected chi connectivity index (χ3v) is 7.09. The minimum Gasteiger partial charge on any atom is -0.310 e. The fourth-order valence-corrected chi connectivity index (χ4v) is 5.39. The Morgan fingerprint density at radius 3 is 2.96 bits per heavy atom. The summed E-state index contributed by atoms with van der Waals surface area (Å²) in [5, 5.41) is 4.11. The number of halogens is 1. The molecule has 0 radical (unpaired) electrons. The van der Waals surface area contributed by atoms with E-state index in [0.717, 1.165) is 29.5 Å². The second-order valence-corrected chi connectivity index (χ2v) is 9.24. The molecule has 0 aliphatic heterocycles.